The molecule has 0 aliphatic carbocycles. The Morgan fingerprint density at radius 2 is 1.96 bits per heavy atom. The molecule has 28 heavy (non-hydrogen) atoms. The van der Waals surface area contributed by atoms with Crippen LogP contribution in [0.5, 0.6) is 0 Å². The second-order valence-electron chi connectivity index (χ2n) is 7.22. The molecule has 1 saturated heterocycles. The lowest BCUT2D eigenvalue weighted by atomic mass is 10.0. The zero-order chi connectivity index (χ0) is 19.3. The highest BCUT2D eigenvalue weighted by Gasteiger charge is 2.29. The lowest BCUT2D eigenvalue weighted by molar-refractivity contribution is -0.142. The molecule has 0 radical (unpaired) electrons. The van der Waals surface area contributed by atoms with E-state index in [1.165, 1.54) is 5.56 Å². The summed E-state index contributed by atoms with van der Waals surface area (Å²) in [7, 11) is 1.95. The van der Waals surface area contributed by atoms with Crippen molar-refractivity contribution in [2.45, 2.75) is 32.0 Å². The molecule has 0 unspecified atom stereocenters. The van der Waals surface area contributed by atoms with Gasteiger partial charge in [0.15, 0.2) is 0 Å². The topological polar surface area (TPSA) is 47.4 Å². The molecular formula is C23H25N3O2. The van der Waals surface area contributed by atoms with Crippen molar-refractivity contribution >= 4 is 5.91 Å². The maximum atomic E-state index is 13.1. The molecule has 1 aliphatic rings. The summed E-state index contributed by atoms with van der Waals surface area (Å²) in [5.41, 5.74) is 3.42. The summed E-state index contributed by atoms with van der Waals surface area (Å²) in [5, 5.41) is 0. The standard InChI is InChI=1S/C23H25N3O2/c1-25-13-12-24-22(25)17-26(23(27)21-11-6-14-28-21)16-18-7-5-10-20(15-18)19-8-3-2-4-9-19/h2-5,7-10,12-13,15,21H,6,11,14,16-17H2,1H3/t21-/m0/s1. The highest BCUT2D eigenvalue weighted by Crippen LogP contribution is 2.22. The van der Waals surface area contributed by atoms with Gasteiger partial charge in [0.25, 0.3) is 5.91 Å². The molecular weight excluding hydrogens is 350 g/mol. The van der Waals surface area contributed by atoms with Gasteiger partial charge in [-0.25, -0.2) is 4.98 Å². The summed E-state index contributed by atoms with van der Waals surface area (Å²) in [6.45, 7) is 1.67. The van der Waals surface area contributed by atoms with Gasteiger partial charge in [0.1, 0.15) is 11.9 Å². The summed E-state index contributed by atoms with van der Waals surface area (Å²) in [6, 6.07) is 18.7. The molecule has 0 N–H and O–H groups in total. The minimum atomic E-state index is -0.336. The highest BCUT2D eigenvalue weighted by molar-refractivity contribution is 5.81. The molecule has 5 heteroatoms. The molecule has 2 aromatic carbocycles. The van der Waals surface area contributed by atoms with Gasteiger partial charge in [-0.05, 0) is 35.6 Å². The minimum Gasteiger partial charge on any atom is -0.368 e. The molecule has 3 aromatic rings. The van der Waals surface area contributed by atoms with E-state index in [-0.39, 0.29) is 12.0 Å². The fourth-order valence-corrected chi connectivity index (χ4v) is 3.61. The molecule has 1 aromatic heterocycles. The summed E-state index contributed by atoms with van der Waals surface area (Å²) in [4.78, 5) is 19.4. The van der Waals surface area contributed by atoms with Crippen LogP contribution in [0, 0.1) is 0 Å². The van der Waals surface area contributed by atoms with Crippen LogP contribution in [-0.2, 0) is 29.7 Å². The van der Waals surface area contributed by atoms with Crippen molar-refractivity contribution in [3.8, 4) is 11.1 Å². The second-order valence-corrected chi connectivity index (χ2v) is 7.22. The minimum absolute atomic E-state index is 0.0469. The molecule has 0 spiro atoms. The van der Waals surface area contributed by atoms with Crippen LogP contribution in [0.2, 0.25) is 0 Å². The Balaban J connectivity index is 1.58. The fourth-order valence-electron chi connectivity index (χ4n) is 3.61. The normalized spacial score (nSPS) is 16.2. The van der Waals surface area contributed by atoms with Crippen LogP contribution in [0.4, 0.5) is 0 Å². The number of amides is 1. The third kappa shape index (κ3) is 4.15. The first-order valence-corrected chi connectivity index (χ1v) is 9.71. The summed E-state index contributed by atoms with van der Waals surface area (Å²) >= 11 is 0. The first kappa shape index (κ1) is 18.4. The molecule has 4 rings (SSSR count). The monoisotopic (exact) mass is 375 g/mol. The molecule has 1 fully saturated rings. The van der Waals surface area contributed by atoms with Gasteiger partial charge in [0.05, 0.1) is 6.54 Å². The van der Waals surface area contributed by atoms with Gasteiger partial charge >= 0.3 is 0 Å². The van der Waals surface area contributed by atoms with Gasteiger partial charge in [0, 0.05) is 32.6 Å². The average molecular weight is 375 g/mol. The van der Waals surface area contributed by atoms with E-state index in [9.17, 15) is 4.79 Å². The number of rotatable bonds is 6. The van der Waals surface area contributed by atoms with Crippen LogP contribution in [0.25, 0.3) is 11.1 Å². The predicted molar refractivity (Wildman–Crippen MR) is 108 cm³/mol. The largest absolute Gasteiger partial charge is 0.368 e. The Morgan fingerprint density at radius 1 is 1.14 bits per heavy atom. The van der Waals surface area contributed by atoms with E-state index in [0.29, 0.717) is 19.7 Å². The van der Waals surface area contributed by atoms with Crippen molar-refractivity contribution in [1.82, 2.24) is 14.5 Å². The van der Waals surface area contributed by atoms with Crippen molar-refractivity contribution in [3.63, 3.8) is 0 Å². The molecule has 144 valence electrons. The number of benzene rings is 2. The summed E-state index contributed by atoms with van der Waals surface area (Å²) in [5.74, 6) is 0.913. The number of carbonyl (C=O) groups excluding carboxylic acids is 1. The molecule has 0 bridgehead atoms. The van der Waals surface area contributed by atoms with Crippen molar-refractivity contribution in [2.24, 2.45) is 7.05 Å². The number of ether oxygens (including phenoxy) is 1. The summed E-state index contributed by atoms with van der Waals surface area (Å²) < 4.78 is 7.61. The third-order valence-corrected chi connectivity index (χ3v) is 5.18. The zero-order valence-electron chi connectivity index (χ0n) is 16.1. The molecule has 2 heterocycles. The Hall–Kier alpha value is -2.92. The van der Waals surface area contributed by atoms with E-state index in [2.05, 4.69) is 35.3 Å². The number of aryl methyl sites for hydroxylation is 1. The second kappa shape index (κ2) is 8.40. The first-order chi connectivity index (χ1) is 13.7. The molecule has 1 aliphatic heterocycles. The van der Waals surface area contributed by atoms with Gasteiger partial charge in [-0.3, -0.25) is 4.79 Å². The lowest BCUT2D eigenvalue weighted by Crippen LogP contribution is -2.38. The lowest BCUT2D eigenvalue weighted by Gasteiger charge is -2.25. The Bertz CT molecular complexity index is 930. The quantitative estimate of drug-likeness (QED) is 0.658. The highest BCUT2D eigenvalue weighted by atomic mass is 16.5. The van der Waals surface area contributed by atoms with Gasteiger partial charge in [-0.1, -0.05) is 48.5 Å². The predicted octanol–water partition coefficient (Wildman–Crippen LogP) is 3.79. The SMILES string of the molecule is Cn1ccnc1CN(Cc1cccc(-c2ccccc2)c1)C(=O)[C@@H]1CCCO1. The van der Waals surface area contributed by atoms with Crippen LogP contribution in [0.1, 0.15) is 24.2 Å². The number of aromatic nitrogens is 2. The third-order valence-electron chi connectivity index (χ3n) is 5.18. The molecule has 1 atom stereocenters. The van der Waals surface area contributed by atoms with E-state index in [1.54, 1.807) is 6.20 Å². The molecule has 0 saturated carbocycles. The van der Waals surface area contributed by atoms with Crippen molar-refractivity contribution < 1.29 is 9.53 Å². The van der Waals surface area contributed by atoms with Crippen LogP contribution in [0.15, 0.2) is 67.0 Å². The van der Waals surface area contributed by atoms with Gasteiger partial charge in [0.2, 0.25) is 0 Å². The van der Waals surface area contributed by atoms with Crippen molar-refractivity contribution in [3.05, 3.63) is 78.4 Å². The number of carbonyl (C=O) groups is 1. The zero-order valence-corrected chi connectivity index (χ0v) is 16.1. The van der Waals surface area contributed by atoms with Crippen LogP contribution in [-0.4, -0.2) is 33.1 Å². The van der Waals surface area contributed by atoms with Gasteiger partial charge in [-0.2, -0.15) is 0 Å². The van der Waals surface area contributed by atoms with Crippen LogP contribution >= 0.6 is 0 Å². The number of hydrogen-bond donors (Lipinski definition) is 0. The van der Waals surface area contributed by atoms with Gasteiger partial charge < -0.3 is 14.2 Å². The van der Waals surface area contributed by atoms with E-state index in [4.69, 9.17) is 4.74 Å². The van der Waals surface area contributed by atoms with Crippen molar-refractivity contribution in [1.29, 1.82) is 0 Å². The van der Waals surface area contributed by atoms with Gasteiger partial charge in [-0.15, -0.1) is 0 Å². The maximum absolute atomic E-state index is 13.1. The summed E-state index contributed by atoms with van der Waals surface area (Å²) in [6.07, 6.45) is 5.06. The number of hydrogen-bond acceptors (Lipinski definition) is 3. The average Bonchev–Trinajstić information content (AvgIpc) is 3.40. The smallest absolute Gasteiger partial charge is 0.252 e. The maximum Gasteiger partial charge on any atom is 0.252 e. The van der Waals surface area contributed by atoms with Crippen molar-refractivity contribution in [2.75, 3.05) is 6.61 Å². The van der Waals surface area contributed by atoms with E-state index < -0.39 is 0 Å². The molecule has 5 nitrogen and oxygen atoms in total. The fraction of sp³-hybridized carbons (Fsp3) is 0.304. The van der Waals surface area contributed by atoms with E-state index in [1.807, 2.05) is 47.0 Å². The number of nitrogens with zero attached hydrogens (tertiary/aromatic N) is 3. The van der Waals surface area contributed by atoms with E-state index >= 15 is 0 Å². The van der Waals surface area contributed by atoms with Crippen LogP contribution in [0.3, 0.4) is 0 Å². The van der Waals surface area contributed by atoms with E-state index in [0.717, 1.165) is 29.8 Å². The number of imidazole rings is 1. The molecule has 1 amide bonds. The first-order valence-electron chi connectivity index (χ1n) is 9.71. The van der Waals surface area contributed by atoms with Crippen LogP contribution < -0.4 is 0 Å². The Labute approximate surface area is 165 Å². The Morgan fingerprint density at radius 3 is 2.68 bits per heavy atom. The Kier molecular flexibility index (Phi) is 5.53.